The molecular formula is C14H20N2O2. The Bertz CT molecular complexity index is 377. The van der Waals surface area contributed by atoms with Crippen LogP contribution in [0.5, 0.6) is 0 Å². The number of rotatable bonds is 7. The SMILES string of the molecule is C=CC(=O)OCCN(Cc1ccccc1)N(C)C. The van der Waals surface area contributed by atoms with Crippen LogP contribution in [-0.2, 0) is 16.1 Å². The lowest BCUT2D eigenvalue weighted by Gasteiger charge is -2.28. The van der Waals surface area contributed by atoms with Gasteiger partial charge in [0, 0.05) is 33.3 Å². The zero-order chi connectivity index (χ0) is 13.4. The summed E-state index contributed by atoms with van der Waals surface area (Å²) in [5.74, 6) is -0.381. The van der Waals surface area contributed by atoms with Gasteiger partial charge in [0.2, 0.25) is 0 Å². The topological polar surface area (TPSA) is 32.8 Å². The van der Waals surface area contributed by atoms with Crippen LogP contribution in [0.2, 0.25) is 0 Å². The van der Waals surface area contributed by atoms with E-state index >= 15 is 0 Å². The highest BCUT2D eigenvalue weighted by Gasteiger charge is 2.08. The molecule has 0 fully saturated rings. The highest BCUT2D eigenvalue weighted by atomic mass is 16.5. The number of hydrazine groups is 1. The number of hydrogen-bond donors (Lipinski definition) is 0. The molecule has 0 radical (unpaired) electrons. The molecule has 1 rings (SSSR count). The Balaban J connectivity index is 2.45. The molecule has 0 aliphatic carbocycles. The molecule has 0 heterocycles. The molecule has 0 aromatic heterocycles. The fourth-order valence-corrected chi connectivity index (χ4v) is 1.53. The minimum atomic E-state index is -0.381. The van der Waals surface area contributed by atoms with Crippen molar-refractivity contribution >= 4 is 5.97 Å². The molecule has 0 aliphatic heterocycles. The Kier molecular flexibility index (Phi) is 6.11. The lowest BCUT2D eigenvalue weighted by molar-refractivity contribution is -0.139. The molecule has 18 heavy (non-hydrogen) atoms. The first kappa shape index (κ1) is 14.4. The van der Waals surface area contributed by atoms with Gasteiger partial charge in [0.05, 0.1) is 0 Å². The van der Waals surface area contributed by atoms with Crippen LogP contribution in [0.1, 0.15) is 5.56 Å². The second-order valence-electron chi connectivity index (χ2n) is 4.09. The molecule has 1 aromatic carbocycles. The summed E-state index contributed by atoms with van der Waals surface area (Å²) in [5, 5.41) is 4.10. The molecule has 0 bridgehead atoms. The monoisotopic (exact) mass is 248 g/mol. The minimum absolute atomic E-state index is 0.357. The van der Waals surface area contributed by atoms with E-state index in [2.05, 4.69) is 23.7 Å². The molecule has 0 spiro atoms. The number of carbonyl (C=O) groups is 1. The third kappa shape index (κ3) is 5.12. The normalized spacial score (nSPS) is 10.7. The van der Waals surface area contributed by atoms with E-state index in [1.807, 2.05) is 37.3 Å². The standard InChI is InChI=1S/C14H20N2O2/c1-4-14(17)18-11-10-16(15(2)3)12-13-8-6-5-7-9-13/h4-9H,1,10-12H2,2-3H3. The fraction of sp³-hybridized carbons (Fsp3) is 0.357. The molecule has 0 unspecified atom stereocenters. The van der Waals surface area contributed by atoms with Crippen molar-refractivity contribution in [3.05, 3.63) is 48.6 Å². The average Bonchev–Trinajstić information content (AvgIpc) is 2.38. The van der Waals surface area contributed by atoms with Crippen LogP contribution >= 0.6 is 0 Å². The number of carbonyl (C=O) groups excluding carboxylic acids is 1. The maximum absolute atomic E-state index is 10.9. The predicted octanol–water partition coefficient (Wildman–Crippen LogP) is 1.69. The minimum Gasteiger partial charge on any atom is -0.461 e. The van der Waals surface area contributed by atoms with Crippen molar-refractivity contribution in [1.29, 1.82) is 0 Å². The van der Waals surface area contributed by atoms with Gasteiger partial charge >= 0.3 is 5.97 Å². The van der Waals surface area contributed by atoms with Crippen LogP contribution in [0.4, 0.5) is 0 Å². The number of nitrogens with zero attached hydrogens (tertiary/aromatic N) is 2. The fourth-order valence-electron chi connectivity index (χ4n) is 1.53. The summed E-state index contributed by atoms with van der Waals surface area (Å²) in [6.45, 7) is 5.17. The van der Waals surface area contributed by atoms with E-state index in [0.717, 1.165) is 6.54 Å². The van der Waals surface area contributed by atoms with Gasteiger partial charge in [-0.1, -0.05) is 36.9 Å². The number of esters is 1. The van der Waals surface area contributed by atoms with Crippen LogP contribution in [0.15, 0.2) is 43.0 Å². The molecule has 0 N–H and O–H groups in total. The summed E-state index contributed by atoms with van der Waals surface area (Å²) in [7, 11) is 3.94. The predicted molar refractivity (Wildman–Crippen MR) is 71.7 cm³/mol. The van der Waals surface area contributed by atoms with Gasteiger partial charge in [0.15, 0.2) is 0 Å². The van der Waals surface area contributed by atoms with Gasteiger partial charge in [-0.3, -0.25) is 0 Å². The largest absolute Gasteiger partial charge is 0.461 e. The summed E-state index contributed by atoms with van der Waals surface area (Å²) in [4.78, 5) is 10.9. The van der Waals surface area contributed by atoms with Crippen LogP contribution in [-0.4, -0.2) is 43.2 Å². The van der Waals surface area contributed by atoms with E-state index in [0.29, 0.717) is 13.2 Å². The van der Waals surface area contributed by atoms with Crippen LogP contribution < -0.4 is 0 Å². The Hall–Kier alpha value is -1.65. The number of hydrogen-bond acceptors (Lipinski definition) is 4. The molecule has 0 aliphatic rings. The molecule has 0 amide bonds. The van der Waals surface area contributed by atoms with E-state index in [1.165, 1.54) is 11.6 Å². The first-order chi connectivity index (χ1) is 8.63. The maximum atomic E-state index is 10.9. The summed E-state index contributed by atoms with van der Waals surface area (Å²) in [6, 6.07) is 10.2. The van der Waals surface area contributed by atoms with E-state index in [-0.39, 0.29) is 5.97 Å². The molecule has 4 nitrogen and oxygen atoms in total. The van der Waals surface area contributed by atoms with Crippen molar-refractivity contribution < 1.29 is 9.53 Å². The molecule has 1 aromatic rings. The summed E-state index contributed by atoms with van der Waals surface area (Å²) >= 11 is 0. The molecule has 98 valence electrons. The Morgan fingerprint density at radius 1 is 1.33 bits per heavy atom. The van der Waals surface area contributed by atoms with E-state index in [1.54, 1.807) is 0 Å². The van der Waals surface area contributed by atoms with Crippen molar-refractivity contribution in [3.8, 4) is 0 Å². The Morgan fingerprint density at radius 2 is 2.00 bits per heavy atom. The summed E-state index contributed by atoms with van der Waals surface area (Å²) < 4.78 is 4.98. The average molecular weight is 248 g/mol. The van der Waals surface area contributed by atoms with Gasteiger partial charge < -0.3 is 4.74 Å². The first-order valence-corrected chi connectivity index (χ1v) is 5.88. The van der Waals surface area contributed by atoms with Gasteiger partial charge in [-0.2, -0.15) is 0 Å². The third-order valence-corrected chi connectivity index (χ3v) is 2.53. The first-order valence-electron chi connectivity index (χ1n) is 5.88. The zero-order valence-corrected chi connectivity index (χ0v) is 11.0. The summed E-state index contributed by atoms with van der Waals surface area (Å²) in [5.41, 5.74) is 1.22. The van der Waals surface area contributed by atoms with Crippen LogP contribution in [0.25, 0.3) is 0 Å². The van der Waals surface area contributed by atoms with Gasteiger partial charge in [-0.05, 0) is 5.56 Å². The lowest BCUT2D eigenvalue weighted by atomic mass is 10.2. The molecule has 0 saturated heterocycles. The quantitative estimate of drug-likeness (QED) is 0.418. The van der Waals surface area contributed by atoms with E-state index in [4.69, 9.17) is 4.74 Å². The Labute approximate surface area is 108 Å². The van der Waals surface area contributed by atoms with Crippen LogP contribution in [0, 0.1) is 0 Å². The van der Waals surface area contributed by atoms with Crippen molar-refractivity contribution in [1.82, 2.24) is 10.0 Å². The highest BCUT2D eigenvalue weighted by molar-refractivity contribution is 5.81. The Morgan fingerprint density at radius 3 is 2.56 bits per heavy atom. The van der Waals surface area contributed by atoms with Crippen LogP contribution in [0.3, 0.4) is 0 Å². The molecule has 0 atom stereocenters. The van der Waals surface area contributed by atoms with Crippen molar-refractivity contribution in [3.63, 3.8) is 0 Å². The zero-order valence-electron chi connectivity index (χ0n) is 11.0. The van der Waals surface area contributed by atoms with Gasteiger partial charge in [0.25, 0.3) is 0 Å². The van der Waals surface area contributed by atoms with Crippen molar-refractivity contribution in [2.24, 2.45) is 0 Å². The molecule has 4 heteroatoms. The second kappa shape index (κ2) is 7.63. The maximum Gasteiger partial charge on any atom is 0.330 e. The third-order valence-electron chi connectivity index (χ3n) is 2.53. The number of ether oxygens (including phenoxy) is 1. The van der Waals surface area contributed by atoms with Crippen molar-refractivity contribution in [2.45, 2.75) is 6.54 Å². The van der Waals surface area contributed by atoms with Gasteiger partial charge in [-0.15, -0.1) is 0 Å². The smallest absolute Gasteiger partial charge is 0.330 e. The van der Waals surface area contributed by atoms with Crippen molar-refractivity contribution in [2.75, 3.05) is 27.2 Å². The van der Waals surface area contributed by atoms with Gasteiger partial charge in [-0.25, -0.2) is 14.8 Å². The summed E-state index contributed by atoms with van der Waals surface area (Å²) in [6.07, 6.45) is 1.18. The van der Waals surface area contributed by atoms with E-state index in [9.17, 15) is 4.79 Å². The molecule has 0 saturated carbocycles. The molecular weight excluding hydrogens is 228 g/mol. The number of benzene rings is 1. The second-order valence-corrected chi connectivity index (χ2v) is 4.09. The lowest BCUT2D eigenvalue weighted by Crippen LogP contribution is -2.38. The van der Waals surface area contributed by atoms with E-state index < -0.39 is 0 Å². The van der Waals surface area contributed by atoms with Gasteiger partial charge in [0.1, 0.15) is 6.61 Å². The highest BCUT2D eigenvalue weighted by Crippen LogP contribution is 2.05.